The van der Waals surface area contributed by atoms with Gasteiger partial charge in [-0.2, -0.15) is 0 Å². The second-order valence-corrected chi connectivity index (χ2v) is 27.1. The van der Waals surface area contributed by atoms with Crippen LogP contribution in [0.5, 0.6) is 0 Å². The quantitative estimate of drug-likeness (QED) is 0.0193. The van der Waals surface area contributed by atoms with E-state index in [0.29, 0.717) is 44.9 Å². The molecule has 0 amide bonds. The topological polar surface area (TPSA) is 408 Å². The maximum absolute atomic E-state index is 14.6. The van der Waals surface area contributed by atoms with Crippen LogP contribution in [0.3, 0.4) is 0 Å². The van der Waals surface area contributed by atoms with Crippen LogP contribution >= 0.6 is 0 Å². The van der Waals surface area contributed by atoms with Gasteiger partial charge in [0.25, 0.3) is 0 Å². The molecule has 29 heteroatoms. The Morgan fingerprint density at radius 1 is 0.671 bits per heavy atom. The molecule has 27 nitrogen and oxygen atoms in total. The van der Waals surface area contributed by atoms with Crippen LogP contribution < -0.4 is 29.6 Å². The van der Waals surface area contributed by atoms with Crippen LogP contribution in [-0.2, 0) is 71.5 Å². The van der Waals surface area contributed by atoms with E-state index in [1.54, 1.807) is 13.0 Å². The van der Waals surface area contributed by atoms with E-state index in [9.17, 15) is 73.9 Å². The minimum atomic E-state index is -5.46. The van der Waals surface area contributed by atoms with Crippen molar-refractivity contribution >= 4 is 16.4 Å². The van der Waals surface area contributed by atoms with Crippen LogP contribution in [0.1, 0.15) is 99.8 Å². The Kier molecular flexibility index (Phi) is 18.6. The largest absolute Gasteiger partial charge is 1.00 e. The number of ether oxygens (including phenoxy) is 11. The molecular formula is C53H83NaO27S. The van der Waals surface area contributed by atoms with Crippen molar-refractivity contribution in [3.05, 3.63) is 11.6 Å². The molecule has 0 aromatic carbocycles. The summed E-state index contributed by atoms with van der Waals surface area (Å²) in [7, 11) is -4.27. The molecule has 9 fully saturated rings. The molecule has 1 spiro atoms. The molecule has 0 bridgehead atoms. The number of esters is 1. The van der Waals surface area contributed by atoms with Gasteiger partial charge in [0.2, 0.25) is 10.4 Å². The molecule has 3 saturated carbocycles. The molecule has 464 valence electrons. The number of hydrogen-bond donors (Lipinski definition) is 11. The summed E-state index contributed by atoms with van der Waals surface area (Å²) in [5.41, 5.74) is -6.58. The number of cyclic esters (lactones) is 1. The molecule has 4 aliphatic carbocycles. The summed E-state index contributed by atoms with van der Waals surface area (Å²) < 4.78 is 106. The Morgan fingerprint density at radius 2 is 1.29 bits per heavy atom. The zero-order valence-corrected chi connectivity index (χ0v) is 50.5. The standard InChI is InChI=1S/C53H84O27S.Na/c1-47(2)13-11-31(78-47)51(7)52(65)16-15-50(6)22-9-10-28-48(3,4)30(12-14-49(28,5)23(22)17-29(57)53(50,52)46(64)79-51)74-45-41(33(59)27(21-71-45)80-81(66,67)68)77-43-35(61)34(60)39(26(19-55)73-43)76-42-36(62)38(24(56)20-70-42)75-44-37(63)40(69-8)32(58)25(18-54)72-44;/h17,22,24-45,54-63,65H,9-16,18-21H2,1-8H3,(H,66,67,68);/q;+1/p-1/t22-,24-,25-,26-,27-,28+,29+,30+,31-,32-,33+,34-,35-,36-,37-,38+,39-,40+,41-,42+,43+,44+,45+,49-,50+,51+,52+,53-;/m1./s1. The van der Waals surface area contributed by atoms with Crippen LogP contribution in [0.25, 0.3) is 0 Å². The average Bonchev–Trinajstić information content (AvgIpc) is 1.57. The number of methoxy groups -OCH3 is 1. The van der Waals surface area contributed by atoms with E-state index in [-0.39, 0.29) is 47.8 Å². The van der Waals surface area contributed by atoms with Crippen molar-refractivity contribution < 1.29 is 160 Å². The number of aliphatic hydroxyl groups is 11. The maximum atomic E-state index is 14.6. The van der Waals surface area contributed by atoms with Gasteiger partial charge in [0.15, 0.2) is 30.8 Å². The minimum Gasteiger partial charge on any atom is -0.726 e. The summed E-state index contributed by atoms with van der Waals surface area (Å²) in [5.74, 6) is -1.01. The van der Waals surface area contributed by atoms with Crippen molar-refractivity contribution in [2.24, 2.45) is 33.5 Å². The summed E-state index contributed by atoms with van der Waals surface area (Å²) in [6, 6.07) is 0. The first kappa shape index (κ1) is 65.7. The Labute approximate surface area is 497 Å². The monoisotopic (exact) mass is 1210 g/mol. The van der Waals surface area contributed by atoms with Gasteiger partial charge in [0.1, 0.15) is 103 Å². The van der Waals surface area contributed by atoms with Crippen molar-refractivity contribution in [2.75, 3.05) is 33.5 Å². The van der Waals surface area contributed by atoms with Crippen molar-refractivity contribution in [2.45, 2.75) is 246 Å². The van der Waals surface area contributed by atoms with E-state index in [2.05, 4.69) is 11.1 Å². The maximum Gasteiger partial charge on any atom is 1.00 e. The Bertz CT molecular complexity index is 2460. The number of carbonyl (C=O) groups is 1. The summed E-state index contributed by atoms with van der Waals surface area (Å²) in [4.78, 5) is 14.6. The Hall–Kier alpha value is -0.760. The molecule has 6 heterocycles. The van der Waals surface area contributed by atoms with Gasteiger partial charge in [-0.1, -0.05) is 39.3 Å². The third-order valence-electron chi connectivity index (χ3n) is 21.0. The fourth-order valence-electron chi connectivity index (χ4n) is 16.7. The summed E-state index contributed by atoms with van der Waals surface area (Å²) in [5, 5.41) is 125. The second kappa shape index (κ2) is 23.2. The average molecular weight is 1210 g/mol. The van der Waals surface area contributed by atoms with E-state index >= 15 is 0 Å². The van der Waals surface area contributed by atoms with E-state index < -0.39 is 210 Å². The number of fused-ring (bicyclic) bond motifs is 4. The SMILES string of the molecule is CO[C@@H]1[C@@H](O)[C@H](O[C@@H]2[C@@H](O)[C@H](O[C@H]3[C@H](O)[C@@H](O)[C@H](O[C@H]4[C@H](O[C@H]5CC[C@]6(C)C7=C[C@H](O)[C@]89C(=O)O[C@@](C)([C@H]%10CCC(C)(C)O%10)[C@@]8(O)CC[C@@]9(C)[C@@H]7CC[C@H]6C5(C)C)OC[C@@H](OS(=O)(=O)[O-])[C@@H]4O)O[C@@H]3CO)OC[C@H]2O)O[C@H](CO)[C@H]1O.[Na+]. The molecule has 82 heavy (non-hydrogen) atoms. The van der Waals surface area contributed by atoms with Gasteiger partial charge < -0.3 is 113 Å². The van der Waals surface area contributed by atoms with E-state index in [1.165, 1.54) is 7.11 Å². The Morgan fingerprint density at radius 3 is 1.93 bits per heavy atom. The molecule has 10 rings (SSSR count). The van der Waals surface area contributed by atoms with Crippen LogP contribution in [0, 0.1) is 33.5 Å². The van der Waals surface area contributed by atoms with Gasteiger partial charge in [-0.3, -0.25) is 8.98 Å². The van der Waals surface area contributed by atoms with Gasteiger partial charge in [-0.05, 0) is 100 Å². The van der Waals surface area contributed by atoms with Crippen molar-refractivity contribution in [3.63, 3.8) is 0 Å². The van der Waals surface area contributed by atoms with E-state index in [0.717, 1.165) is 5.57 Å². The molecule has 6 aliphatic heterocycles. The third-order valence-corrected chi connectivity index (χ3v) is 21.5. The van der Waals surface area contributed by atoms with Crippen LogP contribution in [-0.4, -0.2) is 254 Å². The molecule has 0 aromatic rings. The third kappa shape index (κ3) is 10.3. The smallest absolute Gasteiger partial charge is 0.726 e. The first-order valence-corrected chi connectivity index (χ1v) is 29.5. The molecule has 0 radical (unpaired) electrons. The van der Waals surface area contributed by atoms with E-state index in [4.69, 9.17) is 52.1 Å². The van der Waals surface area contributed by atoms with Crippen LogP contribution in [0.15, 0.2) is 11.6 Å². The van der Waals surface area contributed by atoms with Gasteiger partial charge in [0.05, 0.1) is 44.2 Å². The van der Waals surface area contributed by atoms with Crippen molar-refractivity contribution in [1.82, 2.24) is 0 Å². The van der Waals surface area contributed by atoms with E-state index in [1.807, 2.05) is 34.6 Å². The van der Waals surface area contributed by atoms with Gasteiger partial charge >= 0.3 is 35.5 Å². The summed E-state index contributed by atoms with van der Waals surface area (Å²) in [6.45, 7) is 10.9. The van der Waals surface area contributed by atoms with Gasteiger partial charge in [-0.25, -0.2) is 8.42 Å². The predicted octanol–water partition coefficient (Wildman–Crippen LogP) is -5.99. The van der Waals surface area contributed by atoms with Crippen LogP contribution in [0.2, 0.25) is 0 Å². The molecule has 28 atom stereocenters. The zero-order valence-electron chi connectivity index (χ0n) is 47.7. The second-order valence-electron chi connectivity index (χ2n) is 26.0. The molecule has 11 N–H and O–H groups in total. The van der Waals surface area contributed by atoms with Crippen molar-refractivity contribution in [3.8, 4) is 0 Å². The summed E-state index contributed by atoms with van der Waals surface area (Å²) >= 11 is 0. The number of hydrogen-bond acceptors (Lipinski definition) is 27. The number of aliphatic hydroxyl groups excluding tert-OH is 10. The molecule has 0 aromatic heterocycles. The number of carbonyl (C=O) groups excluding carboxylic acids is 1. The molecule has 6 saturated heterocycles. The normalized spacial score (nSPS) is 52.6. The van der Waals surface area contributed by atoms with Crippen LogP contribution in [0.4, 0.5) is 0 Å². The van der Waals surface area contributed by atoms with Gasteiger partial charge in [-0.15, -0.1) is 0 Å². The zero-order chi connectivity index (χ0) is 59.1. The minimum absolute atomic E-state index is 0. The number of rotatable bonds is 14. The fraction of sp³-hybridized carbons (Fsp3) is 0.943. The summed E-state index contributed by atoms with van der Waals surface area (Å²) in [6.07, 6.45) is -28.2. The molecule has 10 aliphatic rings. The first-order chi connectivity index (χ1) is 37.8. The predicted molar refractivity (Wildman–Crippen MR) is 267 cm³/mol. The first-order valence-electron chi connectivity index (χ1n) is 28.1. The molecule has 0 unspecified atom stereocenters. The van der Waals surface area contributed by atoms with Crippen molar-refractivity contribution in [1.29, 1.82) is 0 Å². The molecular weight excluding hydrogens is 1120 g/mol. The van der Waals surface area contributed by atoms with Gasteiger partial charge in [0, 0.05) is 7.11 Å². The Balaban J connectivity index is 0.00000810. The number of allylic oxidation sites excluding steroid dienone is 1. The fourth-order valence-corrected chi connectivity index (χ4v) is 17.2.